The Labute approximate surface area is 106 Å². The number of nitrogens with two attached hydrogens (primary N) is 1. The van der Waals surface area contributed by atoms with Gasteiger partial charge in [-0.05, 0) is 17.7 Å². The molecule has 0 radical (unpaired) electrons. The van der Waals surface area contributed by atoms with E-state index in [4.69, 9.17) is 10.5 Å². The molecule has 0 saturated carbocycles. The first-order valence-electron chi connectivity index (χ1n) is 6.06. The van der Waals surface area contributed by atoms with Crippen molar-refractivity contribution in [3.05, 3.63) is 29.8 Å². The maximum atomic E-state index is 12.1. The van der Waals surface area contributed by atoms with Gasteiger partial charge in [-0.2, -0.15) is 0 Å². The summed E-state index contributed by atoms with van der Waals surface area (Å²) in [5.74, 6) is 0.226. The van der Waals surface area contributed by atoms with Gasteiger partial charge in [0.15, 0.2) is 0 Å². The summed E-state index contributed by atoms with van der Waals surface area (Å²) in [5, 5.41) is 9.35. The van der Waals surface area contributed by atoms with E-state index in [0.717, 1.165) is 5.56 Å². The van der Waals surface area contributed by atoms with E-state index in [1.165, 1.54) is 0 Å². The second-order valence-corrected chi connectivity index (χ2v) is 4.41. The minimum absolute atomic E-state index is 0.0438. The molecule has 3 N–H and O–H groups in total. The number of carbonyl (C=O) groups is 1. The Kier molecular flexibility index (Phi) is 4.17. The molecule has 1 unspecified atom stereocenters. The van der Waals surface area contributed by atoms with E-state index in [1.807, 2.05) is 6.07 Å². The first kappa shape index (κ1) is 12.9. The highest BCUT2D eigenvalue weighted by Gasteiger charge is 2.23. The quantitative estimate of drug-likeness (QED) is 0.799. The number of amides is 1. The number of morpholine rings is 1. The van der Waals surface area contributed by atoms with E-state index in [9.17, 15) is 9.90 Å². The molecule has 1 aromatic carbocycles. The summed E-state index contributed by atoms with van der Waals surface area (Å²) in [6, 6.07) is 6.77. The van der Waals surface area contributed by atoms with Crippen molar-refractivity contribution in [3.63, 3.8) is 0 Å². The highest BCUT2D eigenvalue weighted by molar-refractivity contribution is 5.79. The molecule has 1 atom stereocenters. The molecule has 1 aliphatic rings. The summed E-state index contributed by atoms with van der Waals surface area (Å²) in [5.41, 5.74) is 6.36. The van der Waals surface area contributed by atoms with Gasteiger partial charge in [0, 0.05) is 19.6 Å². The molecule has 1 heterocycles. The number of hydrogen-bond donors (Lipinski definition) is 2. The Morgan fingerprint density at radius 3 is 3.11 bits per heavy atom. The molecule has 0 bridgehead atoms. The molecule has 1 aliphatic heterocycles. The zero-order valence-corrected chi connectivity index (χ0v) is 10.2. The van der Waals surface area contributed by atoms with Gasteiger partial charge in [0.1, 0.15) is 5.75 Å². The Morgan fingerprint density at radius 1 is 1.56 bits per heavy atom. The van der Waals surface area contributed by atoms with E-state index in [2.05, 4.69) is 0 Å². The van der Waals surface area contributed by atoms with Crippen LogP contribution in [0.25, 0.3) is 0 Å². The van der Waals surface area contributed by atoms with Crippen LogP contribution in [0.4, 0.5) is 0 Å². The number of phenolic OH excluding ortho intramolecular Hbond substituents is 1. The number of ether oxygens (including phenoxy) is 1. The topological polar surface area (TPSA) is 75.8 Å². The first-order chi connectivity index (χ1) is 8.69. The van der Waals surface area contributed by atoms with Gasteiger partial charge in [0.05, 0.1) is 19.1 Å². The lowest BCUT2D eigenvalue weighted by molar-refractivity contribution is -0.137. The van der Waals surface area contributed by atoms with Crippen LogP contribution >= 0.6 is 0 Å². The molecule has 0 aromatic heterocycles. The van der Waals surface area contributed by atoms with Gasteiger partial charge in [-0.3, -0.25) is 4.79 Å². The summed E-state index contributed by atoms with van der Waals surface area (Å²) in [4.78, 5) is 13.9. The van der Waals surface area contributed by atoms with Gasteiger partial charge in [-0.1, -0.05) is 12.1 Å². The molecular weight excluding hydrogens is 232 g/mol. The van der Waals surface area contributed by atoms with Gasteiger partial charge in [-0.15, -0.1) is 0 Å². The van der Waals surface area contributed by atoms with Crippen molar-refractivity contribution in [1.82, 2.24) is 4.90 Å². The fourth-order valence-corrected chi connectivity index (χ4v) is 2.04. The van der Waals surface area contributed by atoms with Crippen molar-refractivity contribution in [1.29, 1.82) is 0 Å². The number of hydrogen-bond acceptors (Lipinski definition) is 4. The van der Waals surface area contributed by atoms with Crippen molar-refractivity contribution >= 4 is 5.91 Å². The van der Waals surface area contributed by atoms with Crippen molar-refractivity contribution in [3.8, 4) is 5.75 Å². The van der Waals surface area contributed by atoms with E-state index in [1.54, 1.807) is 23.1 Å². The van der Waals surface area contributed by atoms with Gasteiger partial charge < -0.3 is 20.5 Å². The fourth-order valence-electron chi connectivity index (χ4n) is 2.04. The molecule has 98 valence electrons. The number of phenols is 1. The average Bonchev–Trinajstić information content (AvgIpc) is 2.39. The van der Waals surface area contributed by atoms with Crippen LogP contribution in [0.3, 0.4) is 0 Å². The smallest absolute Gasteiger partial charge is 0.227 e. The van der Waals surface area contributed by atoms with E-state index in [0.29, 0.717) is 32.7 Å². The van der Waals surface area contributed by atoms with Crippen molar-refractivity contribution in [2.24, 2.45) is 5.73 Å². The third-order valence-corrected chi connectivity index (χ3v) is 3.02. The van der Waals surface area contributed by atoms with Crippen molar-refractivity contribution < 1.29 is 14.6 Å². The SMILES string of the molecule is NCC1CN(C(=O)Cc2cccc(O)c2)CCO1. The largest absolute Gasteiger partial charge is 0.508 e. The highest BCUT2D eigenvalue weighted by atomic mass is 16.5. The van der Waals surface area contributed by atoms with Crippen LogP contribution < -0.4 is 5.73 Å². The van der Waals surface area contributed by atoms with Gasteiger partial charge in [0.2, 0.25) is 5.91 Å². The molecule has 1 aromatic rings. The van der Waals surface area contributed by atoms with Gasteiger partial charge in [0.25, 0.3) is 0 Å². The lowest BCUT2D eigenvalue weighted by Crippen LogP contribution is -2.48. The Hall–Kier alpha value is -1.59. The standard InChI is InChI=1S/C13H18N2O3/c14-8-12-9-15(4-5-18-12)13(17)7-10-2-1-3-11(16)6-10/h1-3,6,12,16H,4-5,7-9,14H2. The fraction of sp³-hybridized carbons (Fsp3) is 0.462. The Morgan fingerprint density at radius 2 is 2.39 bits per heavy atom. The maximum absolute atomic E-state index is 12.1. The monoisotopic (exact) mass is 250 g/mol. The molecule has 2 rings (SSSR count). The van der Waals surface area contributed by atoms with Gasteiger partial charge in [-0.25, -0.2) is 0 Å². The lowest BCUT2D eigenvalue weighted by Gasteiger charge is -2.32. The predicted molar refractivity (Wildman–Crippen MR) is 67.2 cm³/mol. The zero-order chi connectivity index (χ0) is 13.0. The van der Waals surface area contributed by atoms with Crippen LogP contribution in [0.2, 0.25) is 0 Å². The van der Waals surface area contributed by atoms with Crippen LogP contribution in [0.1, 0.15) is 5.56 Å². The number of rotatable bonds is 3. The first-order valence-corrected chi connectivity index (χ1v) is 6.06. The van der Waals surface area contributed by atoms with Crippen molar-refractivity contribution in [2.45, 2.75) is 12.5 Å². The van der Waals surface area contributed by atoms with E-state index in [-0.39, 0.29) is 17.8 Å². The Bertz CT molecular complexity index is 422. The number of nitrogens with zero attached hydrogens (tertiary/aromatic N) is 1. The predicted octanol–water partition coefficient (Wildman–Crippen LogP) is 0.121. The molecule has 0 spiro atoms. The number of aromatic hydroxyl groups is 1. The average molecular weight is 250 g/mol. The number of benzene rings is 1. The molecule has 1 fully saturated rings. The van der Waals surface area contributed by atoms with Crippen LogP contribution in [0.15, 0.2) is 24.3 Å². The molecule has 1 saturated heterocycles. The normalized spacial score (nSPS) is 19.8. The third kappa shape index (κ3) is 3.21. The van der Waals surface area contributed by atoms with Crippen LogP contribution in [-0.2, 0) is 16.0 Å². The highest BCUT2D eigenvalue weighted by Crippen LogP contribution is 2.13. The third-order valence-electron chi connectivity index (χ3n) is 3.02. The lowest BCUT2D eigenvalue weighted by atomic mass is 10.1. The second-order valence-electron chi connectivity index (χ2n) is 4.41. The zero-order valence-electron chi connectivity index (χ0n) is 10.2. The van der Waals surface area contributed by atoms with Crippen LogP contribution in [-0.4, -0.2) is 48.3 Å². The summed E-state index contributed by atoms with van der Waals surface area (Å²) >= 11 is 0. The summed E-state index contributed by atoms with van der Waals surface area (Å²) in [7, 11) is 0. The molecule has 5 nitrogen and oxygen atoms in total. The number of carbonyl (C=O) groups excluding carboxylic acids is 1. The molecule has 1 amide bonds. The molecule has 5 heteroatoms. The summed E-state index contributed by atoms with van der Waals surface area (Å²) < 4.78 is 5.42. The minimum Gasteiger partial charge on any atom is -0.508 e. The van der Waals surface area contributed by atoms with E-state index >= 15 is 0 Å². The van der Waals surface area contributed by atoms with Crippen LogP contribution in [0, 0.1) is 0 Å². The minimum atomic E-state index is -0.0631. The second kappa shape index (κ2) is 5.84. The van der Waals surface area contributed by atoms with Crippen molar-refractivity contribution in [2.75, 3.05) is 26.2 Å². The summed E-state index contributed by atoms with van der Waals surface area (Å²) in [6.07, 6.45) is 0.234. The van der Waals surface area contributed by atoms with E-state index < -0.39 is 0 Å². The van der Waals surface area contributed by atoms with Gasteiger partial charge >= 0.3 is 0 Å². The molecular formula is C13H18N2O3. The molecule has 0 aliphatic carbocycles. The van der Waals surface area contributed by atoms with Crippen LogP contribution in [0.5, 0.6) is 5.75 Å². The molecule has 18 heavy (non-hydrogen) atoms. The Balaban J connectivity index is 1.95. The maximum Gasteiger partial charge on any atom is 0.227 e. The summed E-state index contributed by atoms with van der Waals surface area (Å²) in [6.45, 7) is 2.12.